The molecular formula is C16H23NO2S. The molecule has 1 fully saturated rings. The molecule has 0 amide bonds. The van der Waals surface area contributed by atoms with Crippen LogP contribution in [0, 0.1) is 5.92 Å². The van der Waals surface area contributed by atoms with E-state index in [0.29, 0.717) is 0 Å². The van der Waals surface area contributed by atoms with Crippen molar-refractivity contribution in [3.8, 4) is 0 Å². The maximum Gasteiger partial charge on any atom is 0.166 e. The van der Waals surface area contributed by atoms with Gasteiger partial charge in [-0.25, -0.2) is 0 Å². The number of hydrogen-bond donors (Lipinski definition) is 0. The number of rotatable bonds is 5. The summed E-state index contributed by atoms with van der Waals surface area (Å²) in [7, 11) is -0.986. The lowest BCUT2D eigenvalue weighted by Crippen LogP contribution is -2.35. The van der Waals surface area contributed by atoms with Crippen LogP contribution in [0.15, 0.2) is 29.2 Å². The average molecular weight is 293 g/mol. The Morgan fingerprint density at radius 1 is 1.20 bits per heavy atom. The van der Waals surface area contributed by atoms with Crippen molar-refractivity contribution >= 4 is 16.6 Å². The summed E-state index contributed by atoms with van der Waals surface area (Å²) in [5, 5.41) is 0. The fourth-order valence-electron chi connectivity index (χ4n) is 2.71. The zero-order chi connectivity index (χ0) is 14.5. The molecule has 0 aliphatic carbocycles. The third kappa shape index (κ3) is 4.00. The standard InChI is InChI=1S/C16H23NO2S/c1-13(12-17-10-4-3-5-11-17)16(18)14-6-8-15(9-7-14)20(2)19/h6-9,13H,3-5,10-12H2,1-2H3. The fraction of sp³-hybridized carbons (Fsp3) is 0.562. The van der Waals surface area contributed by atoms with E-state index in [-0.39, 0.29) is 11.7 Å². The lowest BCUT2D eigenvalue weighted by molar-refractivity contribution is 0.0883. The number of nitrogens with zero attached hydrogens (tertiary/aromatic N) is 1. The average Bonchev–Trinajstić information content (AvgIpc) is 2.47. The second-order valence-electron chi connectivity index (χ2n) is 5.61. The van der Waals surface area contributed by atoms with E-state index >= 15 is 0 Å². The highest BCUT2D eigenvalue weighted by Gasteiger charge is 2.19. The third-order valence-electron chi connectivity index (χ3n) is 3.90. The van der Waals surface area contributed by atoms with Gasteiger partial charge in [0.1, 0.15) is 0 Å². The van der Waals surface area contributed by atoms with Crippen molar-refractivity contribution in [1.82, 2.24) is 4.90 Å². The van der Waals surface area contributed by atoms with Crippen LogP contribution in [-0.4, -0.2) is 40.8 Å². The van der Waals surface area contributed by atoms with Crippen molar-refractivity contribution < 1.29 is 9.00 Å². The molecule has 1 aliphatic heterocycles. The molecule has 0 saturated carbocycles. The first kappa shape index (κ1) is 15.4. The minimum atomic E-state index is -0.986. The summed E-state index contributed by atoms with van der Waals surface area (Å²) >= 11 is 0. The third-order valence-corrected chi connectivity index (χ3v) is 4.84. The van der Waals surface area contributed by atoms with Crippen LogP contribution in [0.3, 0.4) is 0 Å². The minimum absolute atomic E-state index is 0.0195. The van der Waals surface area contributed by atoms with Gasteiger partial charge in [0.05, 0.1) is 0 Å². The molecule has 4 heteroatoms. The highest BCUT2D eigenvalue weighted by Crippen LogP contribution is 2.16. The Labute approximate surface area is 123 Å². The lowest BCUT2D eigenvalue weighted by Gasteiger charge is -2.28. The topological polar surface area (TPSA) is 37.4 Å². The molecular weight excluding hydrogens is 270 g/mol. The normalized spacial score (nSPS) is 19.5. The quantitative estimate of drug-likeness (QED) is 0.783. The molecule has 110 valence electrons. The van der Waals surface area contributed by atoms with Crippen molar-refractivity contribution in [3.63, 3.8) is 0 Å². The number of Topliss-reactive ketones (excluding diaryl/α,β-unsaturated/α-hetero) is 1. The van der Waals surface area contributed by atoms with Gasteiger partial charge in [-0.15, -0.1) is 0 Å². The van der Waals surface area contributed by atoms with Crippen molar-refractivity contribution in [1.29, 1.82) is 0 Å². The smallest absolute Gasteiger partial charge is 0.166 e. The molecule has 2 rings (SSSR count). The summed E-state index contributed by atoms with van der Waals surface area (Å²) in [4.78, 5) is 15.6. The van der Waals surface area contributed by atoms with Gasteiger partial charge in [0.25, 0.3) is 0 Å². The maximum atomic E-state index is 12.4. The Balaban J connectivity index is 1.96. The van der Waals surface area contributed by atoms with Crippen LogP contribution in [0.4, 0.5) is 0 Å². The minimum Gasteiger partial charge on any atom is -0.303 e. The highest BCUT2D eigenvalue weighted by atomic mass is 32.2. The molecule has 0 aromatic heterocycles. The lowest BCUT2D eigenvalue weighted by atomic mass is 9.98. The van der Waals surface area contributed by atoms with Crippen molar-refractivity contribution in [2.24, 2.45) is 5.92 Å². The van der Waals surface area contributed by atoms with Crippen molar-refractivity contribution in [3.05, 3.63) is 29.8 Å². The molecule has 3 nitrogen and oxygen atoms in total. The van der Waals surface area contributed by atoms with E-state index < -0.39 is 10.8 Å². The molecule has 2 atom stereocenters. The summed E-state index contributed by atoms with van der Waals surface area (Å²) in [5.41, 5.74) is 0.726. The molecule has 1 heterocycles. The van der Waals surface area contributed by atoms with E-state index in [0.717, 1.165) is 30.1 Å². The first-order chi connectivity index (χ1) is 9.58. The second-order valence-corrected chi connectivity index (χ2v) is 6.98. The number of ketones is 1. The molecule has 2 unspecified atom stereocenters. The van der Waals surface area contributed by atoms with Crippen LogP contribution >= 0.6 is 0 Å². The molecule has 0 spiro atoms. The molecule has 1 aromatic rings. The Morgan fingerprint density at radius 2 is 1.80 bits per heavy atom. The predicted octanol–water partition coefficient (Wildman–Crippen LogP) is 2.73. The van der Waals surface area contributed by atoms with E-state index in [1.165, 1.54) is 19.3 Å². The van der Waals surface area contributed by atoms with Gasteiger partial charge in [0.2, 0.25) is 0 Å². The zero-order valence-electron chi connectivity index (χ0n) is 12.3. The molecule has 20 heavy (non-hydrogen) atoms. The summed E-state index contributed by atoms with van der Waals surface area (Å²) in [6.07, 6.45) is 5.46. The van der Waals surface area contributed by atoms with Gasteiger partial charge in [-0.1, -0.05) is 25.5 Å². The largest absolute Gasteiger partial charge is 0.303 e. The summed E-state index contributed by atoms with van der Waals surface area (Å²) in [6.45, 7) is 5.08. The summed E-state index contributed by atoms with van der Waals surface area (Å²) in [6, 6.07) is 7.17. The Morgan fingerprint density at radius 3 is 2.35 bits per heavy atom. The summed E-state index contributed by atoms with van der Waals surface area (Å²) in [5.74, 6) is 0.204. The molecule has 0 bridgehead atoms. The van der Waals surface area contributed by atoms with Gasteiger partial charge in [-0.2, -0.15) is 0 Å². The SMILES string of the molecule is CC(CN1CCCCC1)C(=O)c1ccc(S(C)=O)cc1. The van der Waals surface area contributed by atoms with E-state index in [1.54, 1.807) is 30.5 Å². The van der Waals surface area contributed by atoms with Gasteiger partial charge >= 0.3 is 0 Å². The van der Waals surface area contributed by atoms with E-state index in [1.807, 2.05) is 6.92 Å². The van der Waals surface area contributed by atoms with E-state index in [9.17, 15) is 9.00 Å². The first-order valence-electron chi connectivity index (χ1n) is 7.28. The van der Waals surface area contributed by atoms with E-state index in [2.05, 4.69) is 4.90 Å². The van der Waals surface area contributed by atoms with Gasteiger partial charge in [-0.05, 0) is 38.1 Å². The number of carbonyl (C=O) groups is 1. The van der Waals surface area contributed by atoms with Crippen LogP contribution < -0.4 is 0 Å². The molecule has 0 N–H and O–H groups in total. The number of hydrogen-bond acceptors (Lipinski definition) is 3. The van der Waals surface area contributed by atoms with Crippen molar-refractivity contribution in [2.75, 3.05) is 25.9 Å². The molecule has 0 radical (unpaired) electrons. The van der Waals surface area contributed by atoms with Crippen LogP contribution in [0.5, 0.6) is 0 Å². The highest BCUT2D eigenvalue weighted by molar-refractivity contribution is 7.84. The second kappa shape index (κ2) is 7.14. The number of carbonyl (C=O) groups excluding carboxylic acids is 1. The fourth-order valence-corrected chi connectivity index (χ4v) is 3.23. The Hall–Kier alpha value is -1.00. The molecule has 1 aliphatic rings. The number of piperidine rings is 1. The van der Waals surface area contributed by atoms with Gasteiger partial charge in [0, 0.05) is 40.0 Å². The van der Waals surface area contributed by atoms with Crippen LogP contribution in [0.2, 0.25) is 0 Å². The zero-order valence-corrected chi connectivity index (χ0v) is 13.1. The van der Waals surface area contributed by atoms with Crippen LogP contribution in [0.25, 0.3) is 0 Å². The molecule has 1 aromatic carbocycles. The van der Waals surface area contributed by atoms with Crippen LogP contribution in [-0.2, 0) is 10.8 Å². The number of likely N-dealkylation sites (tertiary alicyclic amines) is 1. The van der Waals surface area contributed by atoms with Crippen LogP contribution in [0.1, 0.15) is 36.5 Å². The van der Waals surface area contributed by atoms with Crippen molar-refractivity contribution in [2.45, 2.75) is 31.1 Å². The molecule has 1 saturated heterocycles. The summed E-state index contributed by atoms with van der Waals surface area (Å²) < 4.78 is 11.3. The predicted molar refractivity (Wildman–Crippen MR) is 82.6 cm³/mol. The maximum absolute atomic E-state index is 12.4. The Bertz CT molecular complexity index is 478. The van der Waals surface area contributed by atoms with E-state index in [4.69, 9.17) is 0 Å². The van der Waals surface area contributed by atoms with Gasteiger partial charge in [0.15, 0.2) is 5.78 Å². The van der Waals surface area contributed by atoms with Gasteiger partial charge < -0.3 is 4.90 Å². The Kier molecular flexibility index (Phi) is 5.49. The monoisotopic (exact) mass is 293 g/mol. The first-order valence-corrected chi connectivity index (χ1v) is 8.84. The number of benzene rings is 1. The van der Waals surface area contributed by atoms with Gasteiger partial charge in [-0.3, -0.25) is 9.00 Å².